The van der Waals surface area contributed by atoms with Gasteiger partial charge in [-0.1, -0.05) is 52.2 Å². The van der Waals surface area contributed by atoms with Crippen LogP contribution in [-0.4, -0.2) is 56.9 Å². The molecular formula is C31H53N3O2. The molecule has 4 rings (SSSR count). The molecule has 1 atom stereocenters. The van der Waals surface area contributed by atoms with E-state index in [0.29, 0.717) is 5.41 Å². The van der Waals surface area contributed by atoms with Crippen LogP contribution in [0.2, 0.25) is 0 Å². The van der Waals surface area contributed by atoms with Crippen molar-refractivity contribution in [2.24, 2.45) is 11.3 Å². The number of anilines is 1. The summed E-state index contributed by atoms with van der Waals surface area (Å²) in [7, 11) is 1.73. The zero-order valence-corrected chi connectivity index (χ0v) is 23.9. The number of hydrogen-bond acceptors (Lipinski definition) is 4. The number of aldehydes is 1. The van der Waals surface area contributed by atoms with Crippen molar-refractivity contribution in [3.63, 3.8) is 0 Å². The van der Waals surface area contributed by atoms with Crippen LogP contribution < -0.4 is 10.2 Å². The molecular weight excluding hydrogens is 446 g/mol. The number of likely N-dealkylation sites (N-methyl/N-ethyl adjacent to an activating group) is 1. The van der Waals surface area contributed by atoms with Gasteiger partial charge in [-0.25, -0.2) is 0 Å². The Hall–Kier alpha value is -1.88. The van der Waals surface area contributed by atoms with E-state index in [2.05, 4.69) is 46.3 Å². The second-order valence-corrected chi connectivity index (χ2v) is 10.7. The number of carbonyl (C=O) groups is 2. The van der Waals surface area contributed by atoms with Gasteiger partial charge in [-0.2, -0.15) is 0 Å². The Balaban J connectivity index is 0.000000850. The summed E-state index contributed by atoms with van der Waals surface area (Å²) in [4.78, 5) is 26.3. The van der Waals surface area contributed by atoms with Crippen molar-refractivity contribution < 1.29 is 9.59 Å². The maximum absolute atomic E-state index is 12.1. The van der Waals surface area contributed by atoms with Gasteiger partial charge in [0.1, 0.15) is 6.29 Å². The number of likely N-dealkylation sites (tertiary alicyclic amines) is 1. The molecule has 2 saturated heterocycles. The van der Waals surface area contributed by atoms with E-state index in [1.807, 2.05) is 13.8 Å². The highest BCUT2D eigenvalue weighted by Crippen LogP contribution is 2.42. The number of benzene rings is 1. The second kappa shape index (κ2) is 16.1. The number of piperidine rings is 2. The minimum atomic E-state index is -0.0394. The Labute approximate surface area is 221 Å². The molecule has 3 fully saturated rings. The maximum Gasteiger partial charge on any atom is 0.227 e. The number of nitrogens with zero attached hydrogens (tertiary/aromatic N) is 2. The lowest BCUT2D eigenvalue weighted by molar-refractivity contribution is -0.122. The molecule has 5 heteroatoms. The van der Waals surface area contributed by atoms with Crippen molar-refractivity contribution in [2.45, 2.75) is 97.8 Å². The first kappa shape index (κ1) is 30.3. The van der Waals surface area contributed by atoms with E-state index in [-0.39, 0.29) is 11.8 Å². The Bertz CT molecular complexity index is 740. The first-order chi connectivity index (χ1) is 17.5. The van der Waals surface area contributed by atoms with Crippen molar-refractivity contribution in [2.75, 3.05) is 44.7 Å². The lowest BCUT2D eigenvalue weighted by Gasteiger charge is -2.48. The zero-order chi connectivity index (χ0) is 26.4. The van der Waals surface area contributed by atoms with Gasteiger partial charge in [0.05, 0.1) is 5.92 Å². The maximum atomic E-state index is 12.1. The number of amides is 1. The van der Waals surface area contributed by atoms with Crippen LogP contribution in [0.5, 0.6) is 0 Å². The number of nitrogens with one attached hydrogen (secondary N) is 1. The Morgan fingerprint density at radius 1 is 1.00 bits per heavy atom. The highest BCUT2D eigenvalue weighted by atomic mass is 16.1. The second-order valence-electron chi connectivity index (χ2n) is 10.7. The summed E-state index contributed by atoms with van der Waals surface area (Å²) in [6.07, 6.45) is 14.4. The largest absolute Gasteiger partial charge is 0.371 e. The summed E-state index contributed by atoms with van der Waals surface area (Å²) in [5, 5.41) is 2.80. The quantitative estimate of drug-likeness (QED) is 0.459. The van der Waals surface area contributed by atoms with E-state index in [0.717, 1.165) is 24.2 Å². The Kier molecular flexibility index (Phi) is 13.5. The molecule has 0 aromatic heterocycles. The summed E-state index contributed by atoms with van der Waals surface area (Å²) in [6, 6.07) is 8.77. The summed E-state index contributed by atoms with van der Waals surface area (Å²) in [5.74, 6) is 1.05. The monoisotopic (exact) mass is 499 g/mol. The summed E-state index contributed by atoms with van der Waals surface area (Å²) in [5.41, 5.74) is 3.04. The van der Waals surface area contributed by atoms with Crippen LogP contribution in [0, 0.1) is 11.3 Å². The van der Waals surface area contributed by atoms with Crippen molar-refractivity contribution in [3.05, 3.63) is 29.8 Å². The molecule has 0 radical (unpaired) electrons. The zero-order valence-electron chi connectivity index (χ0n) is 23.9. The number of rotatable bonds is 6. The predicted molar refractivity (Wildman–Crippen MR) is 153 cm³/mol. The molecule has 0 bridgehead atoms. The van der Waals surface area contributed by atoms with Gasteiger partial charge in [0.25, 0.3) is 0 Å². The van der Waals surface area contributed by atoms with Gasteiger partial charge in [-0.05, 0) is 94.0 Å². The van der Waals surface area contributed by atoms with Gasteiger partial charge in [-0.3, -0.25) is 4.79 Å². The molecule has 1 aliphatic carbocycles. The molecule has 1 N–H and O–H groups in total. The normalized spacial score (nSPS) is 20.9. The Morgan fingerprint density at radius 2 is 1.53 bits per heavy atom. The van der Waals surface area contributed by atoms with Crippen LogP contribution in [0.3, 0.4) is 0 Å². The number of hydrogen-bond donors (Lipinski definition) is 1. The highest BCUT2D eigenvalue weighted by molar-refractivity contribution is 5.83. The van der Waals surface area contributed by atoms with E-state index in [4.69, 9.17) is 4.79 Å². The van der Waals surface area contributed by atoms with E-state index in [1.165, 1.54) is 103 Å². The van der Waals surface area contributed by atoms with Crippen LogP contribution in [0.25, 0.3) is 0 Å². The molecule has 1 saturated carbocycles. The van der Waals surface area contributed by atoms with Gasteiger partial charge in [0, 0.05) is 32.4 Å². The molecule has 1 amide bonds. The topological polar surface area (TPSA) is 52.7 Å². The first-order valence-electron chi connectivity index (χ1n) is 14.7. The lowest BCUT2D eigenvalue weighted by Crippen LogP contribution is -2.47. The smallest absolute Gasteiger partial charge is 0.227 e. The van der Waals surface area contributed by atoms with E-state index >= 15 is 0 Å². The van der Waals surface area contributed by atoms with Crippen molar-refractivity contribution in [3.8, 4) is 0 Å². The van der Waals surface area contributed by atoms with Crippen LogP contribution in [0.1, 0.15) is 103 Å². The van der Waals surface area contributed by atoms with Gasteiger partial charge in [-0.15, -0.1) is 0 Å². The highest BCUT2D eigenvalue weighted by Gasteiger charge is 2.38. The average Bonchev–Trinajstić information content (AvgIpc) is 2.93. The molecule has 3 aliphatic rings. The molecule has 1 unspecified atom stereocenters. The molecule has 36 heavy (non-hydrogen) atoms. The van der Waals surface area contributed by atoms with Crippen molar-refractivity contribution in [1.29, 1.82) is 0 Å². The van der Waals surface area contributed by atoms with Gasteiger partial charge >= 0.3 is 0 Å². The fourth-order valence-corrected chi connectivity index (χ4v) is 6.35. The summed E-state index contributed by atoms with van der Waals surface area (Å²) >= 11 is 0. The predicted octanol–water partition coefficient (Wildman–Crippen LogP) is 6.42. The van der Waals surface area contributed by atoms with Crippen LogP contribution >= 0.6 is 0 Å². The van der Waals surface area contributed by atoms with E-state index < -0.39 is 0 Å². The first-order valence-corrected chi connectivity index (χ1v) is 14.7. The molecule has 2 aliphatic heterocycles. The minimum absolute atomic E-state index is 0.0394. The van der Waals surface area contributed by atoms with Gasteiger partial charge in [0.2, 0.25) is 5.91 Å². The fraction of sp³-hybridized carbons (Fsp3) is 0.742. The SMILES string of the molecule is CC.CC=O.CCC(C(=O)NC)c1ccc(N2CCC3(CCN(CC4CCCCC4)CC3)CC2)cc1. The summed E-state index contributed by atoms with van der Waals surface area (Å²) < 4.78 is 0. The van der Waals surface area contributed by atoms with Crippen molar-refractivity contribution in [1.82, 2.24) is 10.2 Å². The van der Waals surface area contributed by atoms with Crippen LogP contribution in [0.4, 0.5) is 5.69 Å². The summed E-state index contributed by atoms with van der Waals surface area (Å²) in [6.45, 7) is 13.9. The third kappa shape index (κ3) is 8.61. The third-order valence-electron chi connectivity index (χ3n) is 8.61. The Morgan fingerprint density at radius 3 is 2.03 bits per heavy atom. The molecule has 1 aromatic rings. The van der Waals surface area contributed by atoms with Gasteiger partial charge < -0.3 is 19.9 Å². The van der Waals surface area contributed by atoms with E-state index in [9.17, 15) is 4.79 Å². The molecule has 5 nitrogen and oxygen atoms in total. The van der Waals surface area contributed by atoms with Crippen LogP contribution in [-0.2, 0) is 9.59 Å². The van der Waals surface area contributed by atoms with Crippen LogP contribution in [0.15, 0.2) is 24.3 Å². The number of carbonyl (C=O) groups excluding carboxylic acids is 2. The standard InChI is InChI=1S/C27H43N3O.C2H4O.C2H6/c1-3-25(26(31)28-2)23-9-11-24(12-10-23)30-19-15-27(16-20-30)13-17-29(18-14-27)21-22-7-5-4-6-8-22;1-2-3;1-2/h9-12,22,25H,3-8,13-21H2,1-2H3,(H,28,31);2H,1H3;1-2H3. The van der Waals surface area contributed by atoms with Crippen molar-refractivity contribution >= 4 is 17.9 Å². The fourth-order valence-electron chi connectivity index (χ4n) is 6.35. The lowest BCUT2D eigenvalue weighted by atomic mass is 9.71. The van der Waals surface area contributed by atoms with E-state index in [1.54, 1.807) is 7.05 Å². The average molecular weight is 500 g/mol. The molecule has 2 heterocycles. The molecule has 1 aromatic carbocycles. The minimum Gasteiger partial charge on any atom is -0.371 e. The molecule has 1 spiro atoms. The van der Waals surface area contributed by atoms with Gasteiger partial charge in [0.15, 0.2) is 0 Å². The molecule has 204 valence electrons. The third-order valence-corrected chi connectivity index (χ3v) is 8.61.